The predicted octanol–water partition coefficient (Wildman–Crippen LogP) is 2.77. The molecular weight excluding hydrogens is 302 g/mol. The van der Waals surface area contributed by atoms with Crippen molar-refractivity contribution in [2.45, 2.75) is 19.9 Å². The number of amides is 1. The summed E-state index contributed by atoms with van der Waals surface area (Å²) in [5.74, 6) is 0.00820. The first-order valence-electron chi connectivity index (χ1n) is 6.57. The summed E-state index contributed by atoms with van der Waals surface area (Å²) in [4.78, 5) is 18.9. The van der Waals surface area contributed by atoms with Gasteiger partial charge in [0.2, 0.25) is 0 Å². The van der Waals surface area contributed by atoms with Crippen molar-refractivity contribution in [2.75, 3.05) is 6.54 Å². The van der Waals surface area contributed by atoms with Gasteiger partial charge in [-0.15, -0.1) is 0 Å². The lowest BCUT2D eigenvalue weighted by atomic mass is 10.1. The first-order chi connectivity index (χ1) is 10.1. The maximum Gasteiger partial charge on any atom is 0.255 e. The summed E-state index contributed by atoms with van der Waals surface area (Å²) in [6, 6.07) is 3.82. The van der Waals surface area contributed by atoms with Crippen LogP contribution < -0.4 is 5.73 Å². The van der Waals surface area contributed by atoms with E-state index in [-0.39, 0.29) is 5.91 Å². The smallest absolute Gasteiger partial charge is 0.255 e. The van der Waals surface area contributed by atoms with Crippen molar-refractivity contribution < 1.29 is 4.79 Å². The number of carbonyl (C=O) groups excluding carboxylic acids is 1. The molecule has 21 heavy (non-hydrogen) atoms. The third-order valence-corrected chi connectivity index (χ3v) is 4.16. The molecule has 0 atom stereocenters. The van der Waals surface area contributed by atoms with Crippen molar-refractivity contribution in [2.24, 2.45) is 5.73 Å². The van der Waals surface area contributed by atoms with Gasteiger partial charge in [0.1, 0.15) is 0 Å². The Morgan fingerprint density at radius 3 is 2.86 bits per heavy atom. The average molecular weight is 319 g/mol. The molecule has 0 bridgehead atoms. The van der Waals surface area contributed by atoms with Crippen LogP contribution in [0.4, 0.5) is 0 Å². The monoisotopic (exact) mass is 319 g/mol. The van der Waals surface area contributed by atoms with Gasteiger partial charge < -0.3 is 10.6 Å². The van der Waals surface area contributed by atoms with Crippen molar-refractivity contribution in [3.8, 4) is 0 Å². The Kier molecular flexibility index (Phi) is 5.41. The summed E-state index contributed by atoms with van der Waals surface area (Å²) < 4.78 is 0. The van der Waals surface area contributed by atoms with E-state index in [0.29, 0.717) is 24.5 Å². The molecule has 0 fully saturated rings. The number of thiocarbonyl (C=S) groups is 1. The molecule has 4 nitrogen and oxygen atoms in total. The second-order valence-corrected chi connectivity index (χ2v) is 6.04. The van der Waals surface area contributed by atoms with Crippen LogP contribution in [0.25, 0.3) is 0 Å². The van der Waals surface area contributed by atoms with Gasteiger partial charge in [-0.2, -0.15) is 11.3 Å². The van der Waals surface area contributed by atoms with Crippen molar-refractivity contribution in [1.29, 1.82) is 0 Å². The highest BCUT2D eigenvalue weighted by Gasteiger charge is 2.18. The van der Waals surface area contributed by atoms with E-state index >= 15 is 0 Å². The Morgan fingerprint density at radius 2 is 2.29 bits per heavy atom. The van der Waals surface area contributed by atoms with E-state index in [0.717, 1.165) is 16.7 Å². The Balaban J connectivity index is 2.17. The number of nitrogens with two attached hydrogens (primary N) is 1. The second-order valence-electron chi connectivity index (χ2n) is 4.77. The molecule has 0 aliphatic carbocycles. The molecule has 0 saturated carbocycles. The highest BCUT2D eigenvalue weighted by molar-refractivity contribution is 7.80. The summed E-state index contributed by atoms with van der Waals surface area (Å²) in [6.07, 6.45) is 4.00. The van der Waals surface area contributed by atoms with Crippen LogP contribution in [-0.2, 0) is 6.54 Å². The summed E-state index contributed by atoms with van der Waals surface area (Å²) in [5, 5.41) is 3.86. The van der Waals surface area contributed by atoms with Gasteiger partial charge in [-0.3, -0.25) is 9.78 Å². The summed E-state index contributed by atoms with van der Waals surface area (Å²) in [5.41, 5.74) is 8.29. The van der Waals surface area contributed by atoms with Crippen LogP contribution in [0.5, 0.6) is 0 Å². The van der Waals surface area contributed by atoms with Gasteiger partial charge in [-0.05, 0) is 29.5 Å². The number of hydrogen-bond donors (Lipinski definition) is 1. The van der Waals surface area contributed by atoms with Crippen molar-refractivity contribution in [3.63, 3.8) is 0 Å². The van der Waals surface area contributed by atoms with E-state index in [1.165, 1.54) is 11.3 Å². The van der Waals surface area contributed by atoms with Gasteiger partial charge in [-0.1, -0.05) is 18.3 Å². The van der Waals surface area contributed by atoms with Crippen LogP contribution in [0.1, 0.15) is 27.9 Å². The highest BCUT2D eigenvalue weighted by atomic mass is 32.1. The minimum Gasteiger partial charge on any atom is -0.393 e. The Morgan fingerprint density at radius 1 is 1.48 bits per heavy atom. The molecule has 6 heteroatoms. The molecule has 0 aliphatic rings. The lowest BCUT2D eigenvalue weighted by Crippen LogP contribution is -2.33. The van der Waals surface area contributed by atoms with E-state index in [9.17, 15) is 4.79 Å². The van der Waals surface area contributed by atoms with E-state index < -0.39 is 0 Å². The second kappa shape index (κ2) is 7.28. The van der Waals surface area contributed by atoms with Crippen LogP contribution in [0.3, 0.4) is 0 Å². The zero-order valence-corrected chi connectivity index (χ0v) is 13.4. The largest absolute Gasteiger partial charge is 0.393 e. The molecule has 2 aromatic rings. The SMILES string of the molecule is Cc1cscc1C(=O)N(CCC(N)=S)Cc1cccnc1. The van der Waals surface area contributed by atoms with Crippen LogP contribution in [0.15, 0.2) is 35.3 Å². The summed E-state index contributed by atoms with van der Waals surface area (Å²) in [6.45, 7) is 2.96. The van der Waals surface area contributed by atoms with E-state index in [2.05, 4.69) is 4.98 Å². The van der Waals surface area contributed by atoms with Gasteiger partial charge in [0.05, 0.1) is 10.6 Å². The van der Waals surface area contributed by atoms with Gasteiger partial charge in [0.25, 0.3) is 5.91 Å². The molecule has 2 heterocycles. The van der Waals surface area contributed by atoms with Gasteiger partial charge in [-0.25, -0.2) is 0 Å². The predicted molar refractivity (Wildman–Crippen MR) is 89.4 cm³/mol. The summed E-state index contributed by atoms with van der Waals surface area (Å²) >= 11 is 6.45. The van der Waals surface area contributed by atoms with Crippen LogP contribution in [-0.4, -0.2) is 27.3 Å². The topological polar surface area (TPSA) is 59.2 Å². The number of carbonyl (C=O) groups is 1. The van der Waals surface area contributed by atoms with Crippen molar-refractivity contribution in [3.05, 3.63) is 52.0 Å². The van der Waals surface area contributed by atoms with Crippen molar-refractivity contribution in [1.82, 2.24) is 9.88 Å². The quantitative estimate of drug-likeness (QED) is 0.832. The number of aryl methyl sites for hydroxylation is 1. The Hall–Kier alpha value is -1.79. The van der Waals surface area contributed by atoms with E-state index in [1.807, 2.05) is 29.8 Å². The number of aromatic nitrogens is 1. The number of thiophene rings is 1. The fourth-order valence-corrected chi connectivity index (χ4v) is 2.87. The molecule has 2 aromatic heterocycles. The number of rotatable bonds is 6. The van der Waals surface area contributed by atoms with E-state index in [4.69, 9.17) is 18.0 Å². The zero-order chi connectivity index (χ0) is 15.2. The fourth-order valence-electron chi connectivity index (χ4n) is 1.96. The number of pyridine rings is 1. The molecular formula is C15H17N3OS2. The normalized spacial score (nSPS) is 10.3. The minimum absolute atomic E-state index is 0.00820. The zero-order valence-electron chi connectivity index (χ0n) is 11.8. The number of nitrogens with zero attached hydrogens (tertiary/aromatic N) is 2. The highest BCUT2D eigenvalue weighted by Crippen LogP contribution is 2.17. The molecule has 2 rings (SSSR count). The molecule has 0 radical (unpaired) electrons. The molecule has 0 spiro atoms. The van der Waals surface area contributed by atoms with Crippen LogP contribution in [0, 0.1) is 6.92 Å². The third-order valence-electron chi connectivity index (χ3n) is 3.10. The maximum absolute atomic E-state index is 12.7. The Bertz CT molecular complexity index is 625. The molecule has 0 aliphatic heterocycles. The third kappa shape index (κ3) is 4.34. The maximum atomic E-state index is 12.7. The van der Waals surface area contributed by atoms with E-state index in [1.54, 1.807) is 17.3 Å². The van der Waals surface area contributed by atoms with Gasteiger partial charge in [0.15, 0.2) is 0 Å². The molecule has 0 aromatic carbocycles. The number of hydrogen-bond acceptors (Lipinski definition) is 4. The lowest BCUT2D eigenvalue weighted by molar-refractivity contribution is 0.0748. The first kappa shape index (κ1) is 15.6. The van der Waals surface area contributed by atoms with Crippen LogP contribution >= 0.6 is 23.6 Å². The molecule has 0 unspecified atom stereocenters. The molecule has 110 valence electrons. The minimum atomic E-state index is 0.00820. The van der Waals surface area contributed by atoms with Crippen molar-refractivity contribution >= 4 is 34.5 Å². The molecule has 2 N–H and O–H groups in total. The Labute approximate surface area is 133 Å². The molecule has 1 amide bonds. The summed E-state index contributed by atoms with van der Waals surface area (Å²) in [7, 11) is 0. The lowest BCUT2D eigenvalue weighted by Gasteiger charge is -2.22. The van der Waals surface area contributed by atoms with Crippen LogP contribution in [0.2, 0.25) is 0 Å². The van der Waals surface area contributed by atoms with Gasteiger partial charge in [0, 0.05) is 37.3 Å². The standard InChI is InChI=1S/C15H17N3OS2/c1-11-9-21-10-13(11)15(19)18(6-4-14(16)20)8-12-3-2-5-17-7-12/h2-3,5,7,9-10H,4,6,8H2,1H3,(H2,16,20). The molecule has 0 saturated heterocycles. The average Bonchev–Trinajstić information content (AvgIpc) is 2.90. The first-order valence-corrected chi connectivity index (χ1v) is 7.92. The fraction of sp³-hybridized carbons (Fsp3) is 0.267. The van der Waals surface area contributed by atoms with Gasteiger partial charge >= 0.3 is 0 Å².